The quantitative estimate of drug-likeness (QED) is 0.698. The minimum atomic E-state index is -3.59. The van der Waals surface area contributed by atoms with Gasteiger partial charge in [0.1, 0.15) is 11.8 Å². The summed E-state index contributed by atoms with van der Waals surface area (Å²) in [6.45, 7) is 2.75. The summed E-state index contributed by atoms with van der Waals surface area (Å²) >= 11 is 0. The Hall–Kier alpha value is -2.91. The van der Waals surface area contributed by atoms with Gasteiger partial charge >= 0.3 is 0 Å². The fraction of sp³-hybridized carbons (Fsp3) is 0.417. The van der Waals surface area contributed by atoms with Crippen molar-refractivity contribution in [3.05, 3.63) is 53.6 Å². The molecule has 0 radical (unpaired) electrons. The molecule has 2 heterocycles. The highest BCUT2D eigenvalue weighted by Crippen LogP contribution is 2.35. The molecule has 0 saturated carbocycles. The number of hydrogen-bond donors (Lipinski definition) is 1. The maximum absolute atomic E-state index is 13.1. The van der Waals surface area contributed by atoms with Crippen LogP contribution in [0.15, 0.2) is 47.4 Å². The van der Waals surface area contributed by atoms with Gasteiger partial charge in [0.15, 0.2) is 0 Å². The Bertz CT molecular complexity index is 1160. The molecule has 0 aromatic heterocycles. The number of methoxy groups -OCH3 is 1. The maximum Gasteiger partial charge on any atom is 0.243 e. The molecule has 2 aromatic carbocycles. The predicted octanol–water partition coefficient (Wildman–Crippen LogP) is 2.46. The topological polar surface area (TPSA) is 96.0 Å². The first kappa shape index (κ1) is 23.3. The lowest BCUT2D eigenvalue weighted by Crippen LogP contribution is -2.47. The van der Waals surface area contributed by atoms with E-state index in [0.29, 0.717) is 36.6 Å². The summed E-state index contributed by atoms with van der Waals surface area (Å²) in [5, 5.41) is 2.89. The molecule has 8 nitrogen and oxygen atoms in total. The number of benzene rings is 2. The van der Waals surface area contributed by atoms with Crippen molar-refractivity contribution in [2.75, 3.05) is 25.1 Å². The summed E-state index contributed by atoms with van der Waals surface area (Å²) in [7, 11) is -2.01. The van der Waals surface area contributed by atoms with Crippen molar-refractivity contribution in [2.24, 2.45) is 0 Å². The van der Waals surface area contributed by atoms with Gasteiger partial charge in [0, 0.05) is 38.7 Å². The average Bonchev–Trinajstić information content (AvgIpc) is 3.22. The molecular formula is C24H29N3O5S. The van der Waals surface area contributed by atoms with Crippen LogP contribution in [0.4, 0.5) is 5.69 Å². The van der Waals surface area contributed by atoms with E-state index in [9.17, 15) is 18.0 Å². The van der Waals surface area contributed by atoms with Crippen LogP contribution in [0.2, 0.25) is 0 Å². The minimum absolute atomic E-state index is 0.212. The Morgan fingerprint density at radius 3 is 2.55 bits per heavy atom. The molecule has 2 aliphatic rings. The molecule has 1 atom stereocenters. The van der Waals surface area contributed by atoms with Crippen molar-refractivity contribution in [3.63, 3.8) is 0 Å². The van der Waals surface area contributed by atoms with Crippen LogP contribution in [0.5, 0.6) is 5.75 Å². The van der Waals surface area contributed by atoms with Crippen molar-refractivity contribution >= 4 is 27.5 Å². The van der Waals surface area contributed by atoms with E-state index in [0.717, 1.165) is 24.8 Å². The van der Waals surface area contributed by atoms with Gasteiger partial charge in [-0.15, -0.1) is 0 Å². The summed E-state index contributed by atoms with van der Waals surface area (Å²) in [5.41, 5.74) is 2.15. The molecule has 176 valence electrons. The second-order valence-electron chi connectivity index (χ2n) is 8.43. The molecule has 0 unspecified atom stereocenters. The second kappa shape index (κ2) is 9.52. The van der Waals surface area contributed by atoms with Gasteiger partial charge in [-0.3, -0.25) is 14.5 Å². The Balaban J connectivity index is 1.53. The molecule has 2 aromatic rings. The summed E-state index contributed by atoms with van der Waals surface area (Å²) in [5.74, 6) is 0.148. The van der Waals surface area contributed by atoms with Gasteiger partial charge in [-0.2, -0.15) is 4.31 Å². The standard InChI is InChI=1S/C24H29N3O5S/c1-17(28)27-22-10-9-21(33(30,31)26-11-4-3-5-12-26)14-19(22)15-23(27)24(29)25-16-18-7-6-8-20(13-18)32-2/h6-10,13-14,23H,3-5,11-12,15-16H2,1-2H3,(H,25,29)/t23-/m1/s1. The largest absolute Gasteiger partial charge is 0.497 e. The summed E-state index contributed by atoms with van der Waals surface area (Å²) in [4.78, 5) is 27.1. The number of fused-ring (bicyclic) bond motifs is 1. The van der Waals surface area contributed by atoms with Crippen molar-refractivity contribution in [1.82, 2.24) is 9.62 Å². The Morgan fingerprint density at radius 1 is 1.09 bits per heavy atom. The molecule has 1 fully saturated rings. The number of hydrogen-bond acceptors (Lipinski definition) is 5. The number of carbonyl (C=O) groups is 2. The maximum atomic E-state index is 13.1. The zero-order valence-electron chi connectivity index (χ0n) is 18.9. The molecule has 1 N–H and O–H groups in total. The minimum Gasteiger partial charge on any atom is -0.497 e. The molecule has 33 heavy (non-hydrogen) atoms. The molecule has 0 spiro atoms. The number of rotatable bonds is 6. The second-order valence-corrected chi connectivity index (χ2v) is 10.4. The molecule has 9 heteroatoms. The van der Waals surface area contributed by atoms with Crippen LogP contribution in [-0.2, 0) is 32.6 Å². The van der Waals surface area contributed by atoms with Crippen molar-refractivity contribution in [2.45, 2.75) is 50.1 Å². The van der Waals surface area contributed by atoms with Crippen molar-refractivity contribution < 1.29 is 22.7 Å². The average molecular weight is 472 g/mol. The summed E-state index contributed by atoms with van der Waals surface area (Å²) < 4.78 is 32.9. The highest BCUT2D eigenvalue weighted by molar-refractivity contribution is 7.89. The Labute approximate surface area is 194 Å². The predicted molar refractivity (Wildman–Crippen MR) is 125 cm³/mol. The highest BCUT2D eigenvalue weighted by atomic mass is 32.2. The van der Waals surface area contributed by atoms with Crippen LogP contribution in [0.3, 0.4) is 0 Å². The van der Waals surface area contributed by atoms with E-state index >= 15 is 0 Å². The highest BCUT2D eigenvalue weighted by Gasteiger charge is 2.38. The van der Waals surface area contributed by atoms with Gasteiger partial charge < -0.3 is 10.1 Å². The Kier molecular flexibility index (Phi) is 6.71. The first-order valence-electron chi connectivity index (χ1n) is 11.1. The lowest BCUT2D eigenvalue weighted by Gasteiger charge is -2.26. The number of amides is 2. The fourth-order valence-corrected chi connectivity index (χ4v) is 6.10. The number of anilines is 1. The molecular weight excluding hydrogens is 442 g/mol. The number of piperidine rings is 1. The summed E-state index contributed by atoms with van der Waals surface area (Å²) in [6.07, 6.45) is 3.02. The fourth-order valence-electron chi connectivity index (χ4n) is 4.53. The molecule has 2 aliphatic heterocycles. The lowest BCUT2D eigenvalue weighted by molar-refractivity contribution is -0.125. The number of nitrogens with zero attached hydrogens (tertiary/aromatic N) is 2. The third kappa shape index (κ3) is 4.74. The van der Waals surface area contributed by atoms with E-state index in [1.54, 1.807) is 19.2 Å². The number of ether oxygens (including phenoxy) is 1. The number of carbonyl (C=O) groups excluding carboxylic acids is 2. The molecule has 4 rings (SSSR count). The van der Waals surface area contributed by atoms with Gasteiger partial charge in [-0.1, -0.05) is 18.6 Å². The van der Waals surface area contributed by atoms with E-state index in [-0.39, 0.29) is 23.1 Å². The van der Waals surface area contributed by atoms with Crippen LogP contribution in [0.1, 0.15) is 37.3 Å². The van der Waals surface area contributed by atoms with Gasteiger partial charge in [-0.25, -0.2) is 8.42 Å². The summed E-state index contributed by atoms with van der Waals surface area (Å²) in [6, 6.07) is 11.5. The SMILES string of the molecule is COc1cccc(CNC(=O)[C@H]2Cc3cc(S(=O)(=O)N4CCCCC4)ccc3N2C(C)=O)c1. The van der Waals surface area contributed by atoms with E-state index < -0.39 is 16.1 Å². The van der Waals surface area contributed by atoms with Crippen LogP contribution in [0, 0.1) is 0 Å². The van der Waals surface area contributed by atoms with Crippen LogP contribution >= 0.6 is 0 Å². The van der Waals surface area contributed by atoms with Gasteiger partial charge in [-0.05, 0) is 54.3 Å². The smallest absolute Gasteiger partial charge is 0.243 e. The molecule has 0 aliphatic carbocycles. The monoisotopic (exact) mass is 471 g/mol. The number of sulfonamides is 1. The third-order valence-corrected chi connectivity index (χ3v) is 8.13. The molecule has 0 bridgehead atoms. The van der Waals surface area contributed by atoms with Crippen molar-refractivity contribution in [3.8, 4) is 5.75 Å². The van der Waals surface area contributed by atoms with Crippen LogP contribution in [-0.4, -0.2) is 50.8 Å². The zero-order valence-corrected chi connectivity index (χ0v) is 19.7. The third-order valence-electron chi connectivity index (χ3n) is 6.23. The van der Waals surface area contributed by atoms with E-state index in [1.807, 2.05) is 24.3 Å². The zero-order chi connectivity index (χ0) is 23.6. The van der Waals surface area contributed by atoms with E-state index in [2.05, 4.69) is 5.32 Å². The first-order valence-corrected chi connectivity index (χ1v) is 12.6. The van der Waals surface area contributed by atoms with E-state index in [4.69, 9.17) is 4.74 Å². The molecule has 2 amide bonds. The van der Waals surface area contributed by atoms with Crippen molar-refractivity contribution in [1.29, 1.82) is 0 Å². The normalized spacial score (nSPS) is 18.6. The molecule has 1 saturated heterocycles. The lowest BCUT2D eigenvalue weighted by atomic mass is 10.1. The van der Waals surface area contributed by atoms with Gasteiger partial charge in [0.2, 0.25) is 21.8 Å². The van der Waals surface area contributed by atoms with Gasteiger partial charge in [0.25, 0.3) is 0 Å². The van der Waals surface area contributed by atoms with Gasteiger partial charge in [0.05, 0.1) is 12.0 Å². The first-order chi connectivity index (χ1) is 15.8. The van der Waals surface area contributed by atoms with Crippen LogP contribution in [0.25, 0.3) is 0 Å². The van der Waals surface area contributed by atoms with Crippen LogP contribution < -0.4 is 15.0 Å². The Morgan fingerprint density at radius 2 is 1.85 bits per heavy atom. The number of nitrogens with one attached hydrogen (secondary N) is 1. The van der Waals surface area contributed by atoms with E-state index in [1.165, 1.54) is 22.2 Å².